The van der Waals surface area contributed by atoms with E-state index in [4.69, 9.17) is 11.6 Å². The maximum absolute atomic E-state index is 13.2. The second-order valence-corrected chi connectivity index (χ2v) is 7.70. The fourth-order valence-electron chi connectivity index (χ4n) is 4.03. The molecule has 0 bridgehead atoms. The Morgan fingerprint density at radius 2 is 1.74 bits per heavy atom. The summed E-state index contributed by atoms with van der Waals surface area (Å²) in [7, 11) is 0. The van der Waals surface area contributed by atoms with Gasteiger partial charge in [-0.2, -0.15) is 0 Å². The molecule has 2 amide bonds. The lowest BCUT2D eigenvalue weighted by Gasteiger charge is -2.37. The first-order chi connectivity index (χ1) is 13.1. The van der Waals surface area contributed by atoms with Gasteiger partial charge in [0.15, 0.2) is 0 Å². The molecular weight excluding hydrogens is 365 g/mol. The van der Waals surface area contributed by atoms with Gasteiger partial charge in [-0.1, -0.05) is 23.7 Å². The Balaban J connectivity index is 1.40. The van der Waals surface area contributed by atoms with Crippen LogP contribution in [0.5, 0.6) is 0 Å². The van der Waals surface area contributed by atoms with Gasteiger partial charge < -0.3 is 4.90 Å². The Morgan fingerprint density at radius 3 is 2.48 bits per heavy atom. The monoisotopic (exact) mass is 387 g/mol. The quantitative estimate of drug-likeness (QED) is 0.778. The number of anilines is 1. The number of likely N-dealkylation sites (tertiary alicyclic amines) is 1. The Morgan fingerprint density at radius 1 is 1.00 bits per heavy atom. The largest absolute Gasteiger partial charge is 0.324 e. The molecule has 2 fully saturated rings. The summed E-state index contributed by atoms with van der Waals surface area (Å²) in [5.41, 5.74) is 2.00. The Bertz CT molecular complexity index is 796. The number of rotatable bonds is 4. The molecule has 0 unspecified atom stereocenters. The summed E-state index contributed by atoms with van der Waals surface area (Å²) in [4.78, 5) is 19.1. The maximum Gasteiger partial charge on any atom is 0.324 e. The highest BCUT2D eigenvalue weighted by Gasteiger charge is 2.36. The van der Waals surface area contributed by atoms with E-state index in [1.165, 1.54) is 17.7 Å². The van der Waals surface area contributed by atoms with Crippen LogP contribution in [0.3, 0.4) is 0 Å². The third-order valence-corrected chi connectivity index (χ3v) is 5.67. The van der Waals surface area contributed by atoms with E-state index in [1.54, 1.807) is 17.0 Å². The van der Waals surface area contributed by atoms with Gasteiger partial charge >= 0.3 is 6.03 Å². The summed E-state index contributed by atoms with van der Waals surface area (Å²) < 4.78 is 13.2. The lowest BCUT2D eigenvalue weighted by molar-refractivity contribution is 0.122. The van der Waals surface area contributed by atoms with Gasteiger partial charge in [0.2, 0.25) is 0 Å². The van der Waals surface area contributed by atoms with Crippen LogP contribution in [-0.2, 0) is 6.54 Å². The van der Waals surface area contributed by atoms with E-state index in [2.05, 4.69) is 17.0 Å². The van der Waals surface area contributed by atoms with Crippen LogP contribution in [-0.4, -0.2) is 48.1 Å². The van der Waals surface area contributed by atoms with E-state index >= 15 is 0 Å². The molecule has 0 saturated carbocycles. The van der Waals surface area contributed by atoms with Gasteiger partial charge in [-0.05, 0) is 61.3 Å². The predicted molar refractivity (Wildman–Crippen MR) is 106 cm³/mol. The summed E-state index contributed by atoms with van der Waals surface area (Å²) in [6, 6.07) is 14.4. The van der Waals surface area contributed by atoms with Crippen LogP contribution in [0, 0.1) is 5.82 Å². The van der Waals surface area contributed by atoms with E-state index in [9.17, 15) is 9.18 Å². The minimum Gasteiger partial charge on any atom is -0.318 e. The molecule has 0 aliphatic carbocycles. The number of hydrogen-bond donors (Lipinski definition) is 0. The normalized spacial score (nSPS) is 21.1. The van der Waals surface area contributed by atoms with Crippen molar-refractivity contribution < 1.29 is 9.18 Å². The fourth-order valence-corrected chi connectivity index (χ4v) is 4.16. The molecule has 142 valence electrons. The molecule has 2 aliphatic rings. The first-order valence-electron chi connectivity index (χ1n) is 9.41. The molecule has 1 atom stereocenters. The van der Waals surface area contributed by atoms with Crippen molar-refractivity contribution in [3.63, 3.8) is 0 Å². The molecule has 2 heterocycles. The Kier molecular flexibility index (Phi) is 5.32. The second-order valence-electron chi connectivity index (χ2n) is 7.26. The number of piperidine rings is 1. The number of benzene rings is 2. The zero-order valence-corrected chi connectivity index (χ0v) is 15.9. The van der Waals surface area contributed by atoms with Gasteiger partial charge in [-0.15, -0.1) is 0 Å². The number of hydrogen-bond acceptors (Lipinski definition) is 2. The van der Waals surface area contributed by atoms with E-state index in [-0.39, 0.29) is 17.9 Å². The van der Waals surface area contributed by atoms with Gasteiger partial charge in [0.25, 0.3) is 0 Å². The summed E-state index contributed by atoms with van der Waals surface area (Å²) in [5.74, 6) is -0.285. The maximum atomic E-state index is 13.2. The molecule has 4 nitrogen and oxygen atoms in total. The summed E-state index contributed by atoms with van der Waals surface area (Å²) in [6.45, 7) is 4.17. The average Bonchev–Trinajstić information content (AvgIpc) is 3.06. The van der Waals surface area contributed by atoms with Crippen molar-refractivity contribution in [2.45, 2.75) is 25.4 Å². The van der Waals surface area contributed by atoms with Crippen molar-refractivity contribution in [1.29, 1.82) is 0 Å². The summed E-state index contributed by atoms with van der Waals surface area (Å²) in [6.07, 6.45) is 2.11. The fraction of sp³-hybridized carbons (Fsp3) is 0.381. The van der Waals surface area contributed by atoms with Gasteiger partial charge in [-0.25, -0.2) is 9.18 Å². The number of nitrogens with zero attached hydrogens (tertiary/aromatic N) is 3. The smallest absolute Gasteiger partial charge is 0.318 e. The third kappa shape index (κ3) is 4.09. The van der Waals surface area contributed by atoms with Crippen LogP contribution in [0.1, 0.15) is 18.4 Å². The molecule has 6 heteroatoms. The standard InChI is InChI=1S/C21H23ClFN3O/c22-17-5-3-16(4-6-17)14-24-11-1-2-20(15-24)26-13-12-25(21(26)27)19-9-7-18(23)8-10-19/h3-10,20H,1-2,11-15H2/t20-/m1/s1. The molecule has 0 aromatic heterocycles. The molecule has 4 rings (SSSR count). The first-order valence-corrected chi connectivity index (χ1v) is 9.78. The topological polar surface area (TPSA) is 26.8 Å². The van der Waals surface area contributed by atoms with Gasteiger partial charge in [0, 0.05) is 42.9 Å². The average molecular weight is 388 g/mol. The zero-order chi connectivity index (χ0) is 18.8. The van der Waals surface area contributed by atoms with Crippen LogP contribution in [0.4, 0.5) is 14.9 Å². The number of urea groups is 1. The molecule has 0 spiro atoms. The van der Waals surface area contributed by atoms with Crippen LogP contribution in [0.25, 0.3) is 0 Å². The molecular formula is C21H23ClFN3O. The SMILES string of the molecule is O=C1N(c2ccc(F)cc2)CCN1[C@@H]1CCCN(Cc2ccc(Cl)cc2)C1. The van der Waals surface area contributed by atoms with Crippen LogP contribution < -0.4 is 4.90 Å². The molecule has 2 aromatic carbocycles. The van der Waals surface area contributed by atoms with E-state index in [1.807, 2.05) is 17.0 Å². The minimum absolute atomic E-state index is 0.0277. The van der Waals surface area contributed by atoms with Gasteiger partial charge in [0.1, 0.15) is 5.82 Å². The van der Waals surface area contributed by atoms with Gasteiger partial charge in [-0.3, -0.25) is 9.80 Å². The van der Waals surface area contributed by atoms with Crippen LogP contribution in [0.2, 0.25) is 5.02 Å². The van der Waals surface area contributed by atoms with E-state index in [0.29, 0.717) is 6.54 Å². The lowest BCUT2D eigenvalue weighted by atomic mass is 10.0. The van der Waals surface area contributed by atoms with Crippen molar-refractivity contribution in [2.75, 3.05) is 31.1 Å². The Labute approximate surface area is 164 Å². The highest BCUT2D eigenvalue weighted by atomic mass is 35.5. The van der Waals surface area contributed by atoms with Crippen molar-refractivity contribution >= 4 is 23.3 Å². The van der Waals surface area contributed by atoms with E-state index < -0.39 is 0 Å². The molecule has 0 N–H and O–H groups in total. The predicted octanol–water partition coefficient (Wildman–Crippen LogP) is 4.39. The van der Waals surface area contributed by atoms with Crippen molar-refractivity contribution in [3.8, 4) is 0 Å². The van der Waals surface area contributed by atoms with Crippen molar-refractivity contribution in [3.05, 3.63) is 64.9 Å². The van der Waals surface area contributed by atoms with Crippen molar-refractivity contribution in [1.82, 2.24) is 9.80 Å². The molecule has 27 heavy (non-hydrogen) atoms. The molecule has 2 aromatic rings. The minimum atomic E-state index is -0.285. The molecule has 2 saturated heterocycles. The molecule has 0 radical (unpaired) electrons. The highest BCUT2D eigenvalue weighted by Crippen LogP contribution is 2.26. The second kappa shape index (κ2) is 7.87. The number of carbonyl (C=O) groups is 1. The third-order valence-electron chi connectivity index (χ3n) is 5.42. The van der Waals surface area contributed by atoms with Crippen LogP contribution in [0.15, 0.2) is 48.5 Å². The lowest BCUT2D eigenvalue weighted by Crippen LogP contribution is -2.49. The van der Waals surface area contributed by atoms with Crippen LogP contribution >= 0.6 is 11.6 Å². The first kappa shape index (κ1) is 18.3. The summed E-state index contributed by atoms with van der Waals surface area (Å²) in [5, 5.41) is 0.749. The number of carbonyl (C=O) groups excluding carboxylic acids is 1. The number of halogens is 2. The zero-order valence-electron chi connectivity index (χ0n) is 15.2. The van der Waals surface area contributed by atoms with E-state index in [0.717, 1.165) is 49.7 Å². The molecule has 2 aliphatic heterocycles. The van der Waals surface area contributed by atoms with Crippen molar-refractivity contribution in [2.24, 2.45) is 0 Å². The summed E-state index contributed by atoms with van der Waals surface area (Å²) >= 11 is 5.97. The number of amides is 2. The Hall–Kier alpha value is -2.11. The van der Waals surface area contributed by atoms with Gasteiger partial charge in [0.05, 0.1) is 0 Å². The highest BCUT2D eigenvalue weighted by molar-refractivity contribution is 6.30.